The third kappa shape index (κ3) is 6.19. The van der Waals surface area contributed by atoms with E-state index in [4.69, 9.17) is 18.9 Å². The molecule has 0 spiro atoms. The number of rotatable bonds is 9. The Kier molecular flexibility index (Phi) is 7.39. The van der Waals surface area contributed by atoms with Crippen molar-refractivity contribution >= 4 is 11.7 Å². The molecular formula is C22H30N4O5. The second-order valence-electron chi connectivity index (χ2n) is 7.65. The van der Waals surface area contributed by atoms with Crippen LogP contribution >= 0.6 is 0 Å². The Morgan fingerprint density at radius 1 is 1.19 bits per heavy atom. The number of piperazine rings is 1. The van der Waals surface area contributed by atoms with Gasteiger partial charge in [0, 0.05) is 44.3 Å². The lowest BCUT2D eigenvalue weighted by atomic mass is 10.2. The predicted molar refractivity (Wildman–Crippen MR) is 114 cm³/mol. The van der Waals surface area contributed by atoms with E-state index in [2.05, 4.69) is 26.9 Å². The summed E-state index contributed by atoms with van der Waals surface area (Å²) in [6, 6.07) is 8.12. The van der Waals surface area contributed by atoms with Crippen LogP contribution in [0.1, 0.15) is 6.92 Å². The topological polar surface area (TPSA) is 78.3 Å². The van der Waals surface area contributed by atoms with Crippen molar-refractivity contribution in [2.75, 3.05) is 57.4 Å². The fourth-order valence-electron chi connectivity index (χ4n) is 3.75. The summed E-state index contributed by atoms with van der Waals surface area (Å²) in [4.78, 5) is 20.1. The fraction of sp³-hybridized carbons (Fsp3) is 0.545. The van der Waals surface area contributed by atoms with Gasteiger partial charge in [-0.2, -0.15) is 0 Å². The molecule has 1 aromatic heterocycles. The second kappa shape index (κ2) is 10.6. The fourth-order valence-corrected chi connectivity index (χ4v) is 3.75. The van der Waals surface area contributed by atoms with Gasteiger partial charge in [-0.1, -0.05) is 0 Å². The van der Waals surface area contributed by atoms with Crippen LogP contribution in [0.25, 0.3) is 0 Å². The summed E-state index contributed by atoms with van der Waals surface area (Å²) in [7, 11) is 0. The molecule has 0 saturated carbocycles. The molecule has 1 aromatic carbocycles. The smallest absolute Gasteiger partial charge is 0.320 e. The lowest BCUT2D eigenvalue weighted by Crippen LogP contribution is -2.48. The number of aromatic nitrogens is 2. The van der Waals surface area contributed by atoms with Crippen molar-refractivity contribution in [1.82, 2.24) is 14.5 Å². The molecule has 2 saturated heterocycles. The normalized spacial score (nSPS) is 21.9. The summed E-state index contributed by atoms with van der Waals surface area (Å²) in [6.45, 7) is 7.67. The molecule has 0 N–H and O–H groups in total. The van der Waals surface area contributed by atoms with Gasteiger partial charge in [0.2, 0.25) is 0 Å². The number of imidazole rings is 1. The van der Waals surface area contributed by atoms with E-state index in [1.807, 2.05) is 29.8 Å². The van der Waals surface area contributed by atoms with Gasteiger partial charge >= 0.3 is 5.97 Å². The number of anilines is 1. The number of ether oxygens (including phenoxy) is 4. The number of hydrogen-bond acceptors (Lipinski definition) is 8. The van der Waals surface area contributed by atoms with Gasteiger partial charge < -0.3 is 28.4 Å². The largest absolute Gasteiger partial charge is 0.491 e. The average molecular weight is 431 g/mol. The number of carbonyl (C=O) groups excluding carboxylic acids is 1. The number of esters is 1. The van der Waals surface area contributed by atoms with Crippen molar-refractivity contribution in [3.05, 3.63) is 43.0 Å². The molecule has 168 valence electrons. The monoisotopic (exact) mass is 430 g/mol. The lowest BCUT2D eigenvalue weighted by Gasteiger charge is -2.35. The van der Waals surface area contributed by atoms with Crippen molar-refractivity contribution < 1.29 is 23.7 Å². The van der Waals surface area contributed by atoms with E-state index in [-0.39, 0.29) is 18.4 Å². The summed E-state index contributed by atoms with van der Waals surface area (Å²) in [6.07, 6.45) is 5.02. The number of hydrogen-bond donors (Lipinski definition) is 0. The minimum Gasteiger partial charge on any atom is -0.491 e. The highest BCUT2D eigenvalue weighted by molar-refractivity contribution is 5.71. The number of carbonyl (C=O) groups is 1. The van der Waals surface area contributed by atoms with E-state index in [0.717, 1.165) is 37.6 Å². The lowest BCUT2D eigenvalue weighted by molar-refractivity contribution is -0.144. The van der Waals surface area contributed by atoms with Crippen LogP contribution in [-0.2, 0) is 25.5 Å². The average Bonchev–Trinajstić information content (AvgIpc) is 3.46. The van der Waals surface area contributed by atoms with Gasteiger partial charge in [0.1, 0.15) is 18.5 Å². The Hall–Kier alpha value is -2.62. The van der Waals surface area contributed by atoms with Crippen LogP contribution in [0.5, 0.6) is 5.75 Å². The molecule has 2 unspecified atom stereocenters. The standard InChI is InChI=1S/C22H30N4O5/c1-2-28-21(27)13-24-9-11-26(12-10-24)18-3-5-19(6-4-18)29-15-20-16-30-22(31-20)14-25-8-7-23-17-25/h3-8,17,20,22H,2,9-16H2,1H3. The summed E-state index contributed by atoms with van der Waals surface area (Å²) in [5.74, 6) is 0.661. The summed E-state index contributed by atoms with van der Waals surface area (Å²) in [5.41, 5.74) is 1.16. The SMILES string of the molecule is CCOC(=O)CN1CCN(c2ccc(OCC3COC(Cn4ccnc4)O3)cc2)CC1. The minimum absolute atomic E-state index is 0.0827. The third-order valence-corrected chi connectivity index (χ3v) is 5.40. The van der Waals surface area contributed by atoms with E-state index in [1.54, 1.807) is 12.5 Å². The Labute approximate surface area is 182 Å². The first kappa shape index (κ1) is 21.6. The molecule has 2 aliphatic rings. The van der Waals surface area contributed by atoms with Gasteiger partial charge in [-0.05, 0) is 31.2 Å². The maximum atomic E-state index is 11.6. The molecule has 2 aromatic rings. The maximum absolute atomic E-state index is 11.6. The predicted octanol–water partition coefficient (Wildman–Crippen LogP) is 1.39. The first-order valence-corrected chi connectivity index (χ1v) is 10.8. The van der Waals surface area contributed by atoms with Crippen molar-refractivity contribution in [3.63, 3.8) is 0 Å². The van der Waals surface area contributed by atoms with E-state index in [0.29, 0.717) is 32.9 Å². The van der Waals surface area contributed by atoms with Crippen LogP contribution in [0, 0.1) is 0 Å². The first-order chi connectivity index (χ1) is 15.2. The minimum atomic E-state index is -0.271. The van der Waals surface area contributed by atoms with Gasteiger partial charge in [0.05, 0.1) is 32.6 Å². The summed E-state index contributed by atoms with van der Waals surface area (Å²) >= 11 is 0. The molecular weight excluding hydrogens is 400 g/mol. The molecule has 2 atom stereocenters. The highest BCUT2D eigenvalue weighted by atomic mass is 16.7. The number of benzene rings is 1. The van der Waals surface area contributed by atoms with Crippen LogP contribution in [-0.4, -0.2) is 85.4 Å². The molecule has 4 rings (SSSR count). The highest BCUT2D eigenvalue weighted by Gasteiger charge is 2.27. The van der Waals surface area contributed by atoms with E-state index in [9.17, 15) is 4.79 Å². The zero-order chi connectivity index (χ0) is 21.5. The van der Waals surface area contributed by atoms with Gasteiger partial charge in [0.15, 0.2) is 6.29 Å². The van der Waals surface area contributed by atoms with Gasteiger partial charge in [-0.25, -0.2) is 4.98 Å². The third-order valence-electron chi connectivity index (χ3n) is 5.40. The van der Waals surface area contributed by atoms with Crippen LogP contribution in [0.3, 0.4) is 0 Å². The molecule has 0 amide bonds. The highest BCUT2D eigenvalue weighted by Crippen LogP contribution is 2.22. The molecule has 0 radical (unpaired) electrons. The molecule has 2 aliphatic heterocycles. The van der Waals surface area contributed by atoms with Crippen molar-refractivity contribution in [3.8, 4) is 5.75 Å². The second-order valence-corrected chi connectivity index (χ2v) is 7.65. The Balaban J connectivity index is 1.17. The van der Waals surface area contributed by atoms with E-state index < -0.39 is 0 Å². The molecule has 9 nitrogen and oxygen atoms in total. The molecule has 0 aliphatic carbocycles. The van der Waals surface area contributed by atoms with E-state index in [1.165, 1.54) is 0 Å². The van der Waals surface area contributed by atoms with Crippen LogP contribution in [0.4, 0.5) is 5.69 Å². The van der Waals surface area contributed by atoms with Gasteiger partial charge in [0.25, 0.3) is 0 Å². The van der Waals surface area contributed by atoms with Crippen LogP contribution in [0.15, 0.2) is 43.0 Å². The van der Waals surface area contributed by atoms with Crippen molar-refractivity contribution in [1.29, 1.82) is 0 Å². The maximum Gasteiger partial charge on any atom is 0.320 e. The Bertz CT molecular complexity index is 806. The van der Waals surface area contributed by atoms with E-state index >= 15 is 0 Å². The molecule has 3 heterocycles. The Morgan fingerprint density at radius 3 is 2.71 bits per heavy atom. The molecule has 9 heteroatoms. The first-order valence-electron chi connectivity index (χ1n) is 10.8. The van der Waals surface area contributed by atoms with Crippen molar-refractivity contribution in [2.24, 2.45) is 0 Å². The van der Waals surface area contributed by atoms with Crippen LogP contribution in [0.2, 0.25) is 0 Å². The van der Waals surface area contributed by atoms with Crippen molar-refractivity contribution in [2.45, 2.75) is 25.9 Å². The zero-order valence-electron chi connectivity index (χ0n) is 17.9. The Morgan fingerprint density at radius 2 is 2.00 bits per heavy atom. The number of nitrogens with zero attached hydrogens (tertiary/aromatic N) is 4. The van der Waals surface area contributed by atoms with Gasteiger partial charge in [-0.15, -0.1) is 0 Å². The van der Waals surface area contributed by atoms with Gasteiger partial charge in [-0.3, -0.25) is 9.69 Å². The summed E-state index contributed by atoms with van der Waals surface area (Å²) < 4.78 is 24.4. The zero-order valence-corrected chi connectivity index (χ0v) is 17.9. The van der Waals surface area contributed by atoms with Crippen LogP contribution < -0.4 is 9.64 Å². The molecule has 2 fully saturated rings. The molecule has 0 bridgehead atoms. The molecule has 31 heavy (non-hydrogen) atoms. The quantitative estimate of drug-likeness (QED) is 0.553. The summed E-state index contributed by atoms with van der Waals surface area (Å²) in [5, 5.41) is 0.